The van der Waals surface area contributed by atoms with Gasteiger partial charge in [-0.05, 0) is 26.8 Å². The van der Waals surface area contributed by atoms with Gasteiger partial charge in [0.15, 0.2) is 0 Å². The molecule has 0 fully saturated rings. The number of nitrogens with two attached hydrogens (primary N) is 1. The van der Waals surface area contributed by atoms with Crippen molar-refractivity contribution in [2.24, 2.45) is 5.73 Å². The summed E-state index contributed by atoms with van der Waals surface area (Å²) in [7, 11) is 0. The molecular formula is C11H17N3O2S. The van der Waals surface area contributed by atoms with Crippen LogP contribution in [0.4, 0.5) is 0 Å². The molecule has 1 heterocycles. The quantitative estimate of drug-likeness (QED) is 0.632. The molecule has 0 amide bonds. The average molecular weight is 255 g/mol. The van der Waals surface area contributed by atoms with E-state index in [4.69, 9.17) is 27.4 Å². The van der Waals surface area contributed by atoms with Gasteiger partial charge in [-0.15, -0.1) is 0 Å². The van der Waals surface area contributed by atoms with Gasteiger partial charge in [0.2, 0.25) is 0 Å². The molecule has 0 saturated carbocycles. The molecule has 0 bridgehead atoms. The highest BCUT2D eigenvalue weighted by atomic mass is 32.1. The van der Waals surface area contributed by atoms with Crippen molar-refractivity contribution >= 4 is 17.2 Å². The number of nitrogens with zero attached hydrogens (tertiary/aromatic N) is 2. The highest BCUT2D eigenvalue weighted by molar-refractivity contribution is 7.80. The molecule has 0 atom stereocenters. The van der Waals surface area contributed by atoms with Crippen LogP contribution in [0.25, 0.3) is 0 Å². The normalized spacial score (nSPS) is 11.2. The summed E-state index contributed by atoms with van der Waals surface area (Å²) in [6.45, 7) is 6.81. The number of ether oxygens (including phenoxy) is 2. The van der Waals surface area contributed by atoms with Crippen molar-refractivity contribution in [3.63, 3.8) is 0 Å². The molecule has 0 aliphatic rings. The monoisotopic (exact) mass is 255 g/mol. The molecule has 6 heteroatoms. The lowest BCUT2D eigenvalue weighted by Crippen LogP contribution is -2.23. The molecule has 0 radical (unpaired) electrons. The van der Waals surface area contributed by atoms with E-state index in [-0.39, 0.29) is 16.6 Å². The number of aromatic nitrogens is 2. The zero-order valence-corrected chi connectivity index (χ0v) is 11.1. The minimum Gasteiger partial charge on any atom is -0.461 e. The van der Waals surface area contributed by atoms with Crippen LogP contribution in [0.2, 0.25) is 0 Å². The largest absolute Gasteiger partial charge is 0.461 e. The van der Waals surface area contributed by atoms with Crippen LogP contribution in [0.3, 0.4) is 0 Å². The predicted octanol–water partition coefficient (Wildman–Crippen LogP) is 1.30. The Morgan fingerprint density at radius 1 is 1.41 bits per heavy atom. The Kier molecular flexibility index (Phi) is 4.77. The first kappa shape index (κ1) is 13.8. The van der Waals surface area contributed by atoms with Gasteiger partial charge in [-0.3, -0.25) is 0 Å². The third-order valence-corrected chi connectivity index (χ3v) is 1.94. The molecule has 1 aromatic rings. The van der Waals surface area contributed by atoms with Crippen LogP contribution in [0.5, 0.6) is 6.01 Å². The maximum absolute atomic E-state index is 5.50. The minimum absolute atomic E-state index is 0.176. The van der Waals surface area contributed by atoms with E-state index in [9.17, 15) is 0 Å². The predicted molar refractivity (Wildman–Crippen MR) is 69.1 cm³/mol. The molecule has 1 rings (SSSR count). The zero-order valence-electron chi connectivity index (χ0n) is 10.3. The summed E-state index contributed by atoms with van der Waals surface area (Å²) in [6.07, 6.45) is 1.56. The highest BCUT2D eigenvalue weighted by Crippen LogP contribution is 2.07. The van der Waals surface area contributed by atoms with Gasteiger partial charge in [0.25, 0.3) is 0 Å². The molecule has 0 aromatic carbocycles. The van der Waals surface area contributed by atoms with Crippen LogP contribution in [0, 0.1) is 0 Å². The van der Waals surface area contributed by atoms with Crippen molar-refractivity contribution in [2.45, 2.75) is 26.4 Å². The average Bonchev–Trinajstić information content (AvgIpc) is 2.23. The van der Waals surface area contributed by atoms with E-state index in [0.29, 0.717) is 18.9 Å². The first-order valence-electron chi connectivity index (χ1n) is 5.28. The number of hydrogen-bond donors (Lipinski definition) is 1. The van der Waals surface area contributed by atoms with Crippen molar-refractivity contribution in [1.29, 1.82) is 0 Å². The van der Waals surface area contributed by atoms with Gasteiger partial charge < -0.3 is 15.2 Å². The zero-order chi connectivity index (χ0) is 12.9. The van der Waals surface area contributed by atoms with Crippen LogP contribution in [0.1, 0.15) is 26.5 Å². The van der Waals surface area contributed by atoms with Crippen LogP contribution in [-0.2, 0) is 4.74 Å². The third-order valence-electron chi connectivity index (χ3n) is 1.74. The lowest BCUT2D eigenvalue weighted by Gasteiger charge is -2.19. The van der Waals surface area contributed by atoms with E-state index in [2.05, 4.69) is 9.97 Å². The Morgan fingerprint density at radius 2 is 2.12 bits per heavy atom. The van der Waals surface area contributed by atoms with Gasteiger partial charge in [0.05, 0.1) is 12.2 Å². The van der Waals surface area contributed by atoms with E-state index >= 15 is 0 Å². The second kappa shape index (κ2) is 5.88. The minimum atomic E-state index is -0.176. The van der Waals surface area contributed by atoms with Crippen molar-refractivity contribution in [2.75, 3.05) is 13.2 Å². The van der Waals surface area contributed by atoms with Crippen molar-refractivity contribution in [3.05, 3.63) is 18.0 Å². The molecule has 0 aliphatic heterocycles. The molecule has 17 heavy (non-hydrogen) atoms. The van der Waals surface area contributed by atoms with Gasteiger partial charge in [0, 0.05) is 6.20 Å². The van der Waals surface area contributed by atoms with Crippen LogP contribution < -0.4 is 10.5 Å². The Balaban J connectivity index is 2.42. The van der Waals surface area contributed by atoms with Crippen molar-refractivity contribution in [3.8, 4) is 6.01 Å². The SMILES string of the molecule is CC(C)(C)OCCOc1nccc(C(N)=S)n1. The van der Waals surface area contributed by atoms with Gasteiger partial charge in [-0.1, -0.05) is 12.2 Å². The van der Waals surface area contributed by atoms with Crippen molar-refractivity contribution < 1.29 is 9.47 Å². The summed E-state index contributed by atoms with van der Waals surface area (Å²) < 4.78 is 10.8. The summed E-state index contributed by atoms with van der Waals surface area (Å²) >= 11 is 4.81. The Morgan fingerprint density at radius 3 is 2.71 bits per heavy atom. The van der Waals surface area contributed by atoms with Crippen LogP contribution in [-0.4, -0.2) is 33.8 Å². The molecule has 0 unspecified atom stereocenters. The maximum atomic E-state index is 5.50. The Labute approximate surface area is 106 Å². The molecule has 0 aliphatic carbocycles. The van der Waals surface area contributed by atoms with Gasteiger partial charge in [-0.2, -0.15) is 4.98 Å². The van der Waals surface area contributed by atoms with E-state index in [1.807, 2.05) is 20.8 Å². The van der Waals surface area contributed by atoms with E-state index in [0.717, 1.165) is 0 Å². The lowest BCUT2D eigenvalue weighted by molar-refractivity contribution is -0.0173. The summed E-state index contributed by atoms with van der Waals surface area (Å²) in [4.78, 5) is 8.23. The maximum Gasteiger partial charge on any atom is 0.317 e. The van der Waals surface area contributed by atoms with Gasteiger partial charge >= 0.3 is 6.01 Å². The summed E-state index contributed by atoms with van der Waals surface area (Å²) in [5, 5.41) is 0. The Bertz CT molecular complexity index is 391. The van der Waals surface area contributed by atoms with E-state index < -0.39 is 0 Å². The number of hydrogen-bond acceptors (Lipinski definition) is 5. The van der Waals surface area contributed by atoms with Gasteiger partial charge in [0.1, 0.15) is 17.3 Å². The molecular weight excluding hydrogens is 238 g/mol. The second-order valence-electron chi connectivity index (χ2n) is 4.40. The molecule has 0 saturated heterocycles. The number of thiocarbonyl (C=S) groups is 1. The van der Waals surface area contributed by atoms with Crippen molar-refractivity contribution in [1.82, 2.24) is 9.97 Å². The van der Waals surface area contributed by atoms with E-state index in [1.165, 1.54) is 0 Å². The third kappa shape index (κ3) is 5.55. The first-order chi connectivity index (χ1) is 7.88. The summed E-state index contributed by atoms with van der Waals surface area (Å²) in [5.74, 6) is 0. The lowest BCUT2D eigenvalue weighted by atomic mass is 10.2. The Hall–Kier alpha value is -1.27. The fraction of sp³-hybridized carbons (Fsp3) is 0.545. The molecule has 2 N–H and O–H groups in total. The fourth-order valence-electron chi connectivity index (χ4n) is 1.03. The highest BCUT2D eigenvalue weighted by Gasteiger charge is 2.09. The van der Waals surface area contributed by atoms with E-state index in [1.54, 1.807) is 12.3 Å². The first-order valence-corrected chi connectivity index (χ1v) is 5.69. The molecule has 1 aromatic heterocycles. The topological polar surface area (TPSA) is 70.3 Å². The summed E-state index contributed by atoms with van der Waals surface area (Å²) in [6, 6.07) is 1.90. The summed E-state index contributed by atoms with van der Waals surface area (Å²) in [5.41, 5.74) is 5.78. The second-order valence-corrected chi connectivity index (χ2v) is 4.84. The van der Waals surface area contributed by atoms with Gasteiger partial charge in [-0.25, -0.2) is 4.98 Å². The van der Waals surface area contributed by atoms with Crippen LogP contribution >= 0.6 is 12.2 Å². The van der Waals surface area contributed by atoms with Crippen LogP contribution in [0.15, 0.2) is 12.3 Å². The fourth-order valence-corrected chi connectivity index (χ4v) is 1.14. The molecule has 94 valence electrons. The number of rotatable bonds is 5. The molecule has 5 nitrogen and oxygen atoms in total. The standard InChI is InChI=1S/C11H17N3O2S/c1-11(2,3)16-7-6-15-10-13-5-4-8(14-10)9(12)17/h4-5H,6-7H2,1-3H3,(H2,12,17). The smallest absolute Gasteiger partial charge is 0.317 e. The molecule has 0 spiro atoms.